The van der Waals surface area contributed by atoms with Crippen molar-refractivity contribution in [3.63, 3.8) is 0 Å². The van der Waals surface area contributed by atoms with Gasteiger partial charge in [0.15, 0.2) is 4.34 Å². The number of nitrogens with one attached hydrogen (secondary N) is 1. The number of aliphatic carboxylic acids is 1. The Morgan fingerprint density at radius 3 is 2.71 bits per heavy atom. The Labute approximate surface area is 209 Å². The maximum atomic E-state index is 12.6. The number of benzene rings is 1. The van der Waals surface area contributed by atoms with Crippen LogP contribution in [0.25, 0.3) is 0 Å². The molecule has 3 heterocycles. The van der Waals surface area contributed by atoms with Crippen LogP contribution in [0.5, 0.6) is 0 Å². The SMILES string of the molecule is C[C@@H](O)[C@H]1C(=O)N2C(C(=O)O)=C(Sc3nc(C(=O)NCc4cccc(S(N)(=O)=O)c4)cs3)[C@H](C)[C@H]12. The van der Waals surface area contributed by atoms with Gasteiger partial charge in [0.05, 0.1) is 23.0 Å². The fourth-order valence-corrected chi connectivity index (χ4v) is 6.92. The Morgan fingerprint density at radius 1 is 1.37 bits per heavy atom. The summed E-state index contributed by atoms with van der Waals surface area (Å²) >= 11 is 2.24. The lowest BCUT2D eigenvalue weighted by Gasteiger charge is -2.46. The predicted molar refractivity (Wildman–Crippen MR) is 127 cm³/mol. The zero-order chi connectivity index (χ0) is 25.7. The normalized spacial score (nSPS) is 22.6. The van der Waals surface area contributed by atoms with Crippen molar-refractivity contribution in [2.24, 2.45) is 17.0 Å². The molecule has 1 saturated heterocycles. The number of nitrogens with zero attached hydrogens (tertiary/aromatic N) is 2. The maximum absolute atomic E-state index is 12.6. The van der Waals surface area contributed by atoms with Crippen LogP contribution in [0, 0.1) is 11.8 Å². The Morgan fingerprint density at radius 2 is 2.09 bits per heavy atom. The number of carbonyl (C=O) groups excluding carboxylic acids is 2. The smallest absolute Gasteiger partial charge is 0.353 e. The number of thiazole rings is 1. The van der Waals surface area contributed by atoms with E-state index >= 15 is 0 Å². The van der Waals surface area contributed by atoms with E-state index in [1.807, 2.05) is 0 Å². The molecule has 2 aromatic rings. The Kier molecular flexibility index (Phi) is 6.76. The maximum Gasteiger partial charge on any atom is 0.353 e. The summed E-state index contributed by atoms with van der Waals surface area (Å²) in [6.07, 6.45) is -0.897. The van der Waals surface area contributed by atoms with Gasteiger partial charge in [-0.15, -0.1) is 11.3 Å². The number of amides is 2. The minimum Gasteiger partial charge on any atom is -0.477 e. The summed E-state index contributed by atoms with van der Waals surface area (Å²) < 4.78 is 23.4. The summed E-state index contributed by atoms with van der Waals surface area (Å²) in [4.78, 5) is 42.8. The lowest BCUT2D eigenvalue weighted by Crippen LogP contribution is -2.63. The Hall–Kier alpha value is -2.78. The number of hydrogen-bond donors (Lipinski definition) is 4. The first-order valence-electron chi connectivity index (χ1n) is 10.4. The first kappa shape index (κ1) is 25.3. The van der Waals surface area contributed by atoms with Gasteiger partial charge >= 0.3 is 5.97 Å². The van der Waals surface area contributed by atoms with Crippen molar-refractivity contribution in [2.45, 2.75) is 41.8 Å². The molecular formula is C21H22N4O7S3. The van der Waals surface area contributed by atoms with Crippen LogP contribution in [0.4, 0.5) is 0 Å². The van der Waals surface area contributed by atoms with Crippen LogP contribution in [-0.2, 0) is 26.2 Å². The third-order valence-corrected chi connectivity index (χ3v) is 9.04. The van der Waals surface area contributed by atoms with Gasteiger partial charge in [0.2, 0.25) is 15.9 Å². The van der Waals surface area contributed by atoms with Crippen molar-refractivity contribution >= 4 is 50.9 Å². The van der Waals surface area contributed by atoms with Crippen molar-refractivity contribution in [1.29, 1.82) is 0 Å². The van der Waals surface area contributed by atoms with E-state index in [0.717, 1.165) is 23.1 Å². The van der Waals surface area contributed by atoms with E-state index in [1.165, 1.54) is 35.4 Å². The molecule has 5 N–H and O–H groups in total. The second-order valence-corrected chi connectivity index (χ2v) is 12.0. The number of carboxylic acids is 1. The summed E-state index contributed by atoms with van der Waals surface area (Å²) in [6.45, 7) is 3.36. The molecule has 4 atom stereocenters. The molecule has 35 heavy (non-hydrogen) atoms. The fraction of sp³-hybridized carbons (Fsp3) is 0.333. The molecule has 186 valence electrons. The molecular weight excluding hydrogens is 516 g/mol. The van der Waals surface area contributed by atoms with E-state index in [0.29, 0.717) is 14.8 Å². The number of primary sulfonamides is 1. The molecule has 2 amide bonds. The summed E-state index contributed by atoms with van der Waals surface area (Å²) in [5.41, 5.74) is 0.530. The molecule has 1 fully saturated rings. The van der Waals surface area contributed by atoms with E-state index in [9.17, 15) is 33.0 Å². The number of carboxylic acid groups (broad SMARTS) is 1. The van der Waals surface area contributed by atoms with Crippen molar-refractivity contribution in [2.75, 3.05) is 0 Å². The molecule has 1 aromatic carbocycles. The Bertz CT molecular complexity index is 1350. The highest BCUT2D eigenvalue weighted by molar-refractivity contribution is 8.04. The van der Waals surface area contributed by atoms with Gasteiger partial charge < -0.3 is 20.4 Å². The van der Waals surface area contributed by atoms with E-state index in [2.05, 4.69) is 10.3 Å². The number of fused-ring (bicyclic) bond motifs is 1. The van der Waals surface area contributed by atoms with Crippen LogP contribution in [-0.4, -0.2) is 58.4 Å². The zero-order valence-corrected chi connectivity index (χ0v) is 21.0. The second kappa shape index (κ2) is 9.35. The van der Waals surface area contributed by atoms with Crippen LogP contribution in [0.3, 0.4) is 0 Å². The van der Waals surface area contributed by atoms with Crippen LogP contribution in [0.15, 0.2) is 49.5 Å². The molecule has 11 nitrogen and oxygen atoms in total. The highest BCUT2D eigenvalue weighted by Gasteiger charge is 2.60. The van der Waals surface area contributed by atoms with E-state index in [-0.39, 0.29) is 28.7 Å². The molecule has 2 aliphatic heterocycles. The number of thioether (sulfide) groups is 1. The minimum absolute atomic E-state index is 0.0486. The fourth-order valence-electron chi connectivity index (χ4n) is 4.26. The number of β-lactam (4-membered cyclic amide) rings is 1. The Balaban J connectivity index is 1.47. The molecule has 0 spiro atoms. The summed E-state index contributed by atoms with van der Waals surface area (Å²) in [7, 11) is -3.87. The van der Waals surface area contributed by atoms with Gasteiger partial charge in [-0.3, -0.25) is 9.59 Å². The molecule has 0 bridgehead atoms. The largest absolute Gasteiger partial charge is 0.477 e. The van der Waals surface area contributed by atoms with Crippen LogP contribution < -0.4 is 10.5 Å². The molecule has 0 saturated carbocycles. The standard InChI is InChI=1S/C21H22N4O7S3/c1-9-15-14(10(2)26)19(28)25(15)16(20(29)30)17(9)34-21-24-13(8-33-21)18(27)23-7-11-4-3-5-12(6-11)35(22,31)32/h3-6,8-10,14-15,26H,7H2,1-2H3,(H,23,27)(H,29,30)(H2,22,31,32)/t9-,10-,14-,15-/m1/s1. The van der Waals surface area contributed by atoms with E-state index < -0.39 is 45.9 Å². The number of aliphatic hydroxyl groups is 1. The molecule has 4 rings (SSSR count). The number of nitrogens with two attached hydrogens (primary N) is 1. The molecule has 14 heteroatoms. The van der Waals surface area contributed by atoms with Crippen LogP contribution in [0.1, 0.15) is 29.9 Å². The lowest BCUT2D eigenvalue weighted by molar-refractivity contribution is -0.163. The number of hydrogen-bond acceptors (Lipinski definition) is 9. The van der Waals surface area contributed by atoms with Crippen molar-refractivity contribution in [3.05, 3.63) is 51.5 Å². The first-order chi connectivity index (χ1) is 16.4. The van der Waals surface area contributed by atoms with Crippen molar-refractivity contribution < 1.29 is 33.0 Å². The molecule has 1 aromatic heterocycles. The van der Waals surface area contributed by atoms with Gasteiger partial charge in [-0.25, -0.2) is 23.3 Å². The quantitative estimate of drug-likeness (QED) is 0.356. The lowest BCUT2D eigenvalue weighted by atomic mass is 9.79. The van der Waals surface area contributed by atoms with Crippen LogP contribution >= 0.6 is 23.1 Å². The second-order valence-electron chi connectivity index (χ2n) is 8.25. The summed E-state index contributed by atoms with van der Waals surface area (Å²) in [5, 5.41) is 29.0. The highest BCUT2D eigenvalue weighted by atomic mass is 32.2. The summed E-state index contributed by atoms with van der Waals surface area (Å²) in [5.74, 6) is -3.14. The summed E-state index contributed by atoms with van der Waals surface area (Å²) in [6, 6.07) is 5.45. The van der Waals surface area contributed by atoms with Gasteiger partial charge in [0.1, 0.15) is 11.4 Å². The average molecular weight is 539 g/mol. The predicted octanol–water partition coefficient (Wildman–Crippen LogP) is 0.966. The molecule has 0 unspecified atom stereocenters. The molecule has 0 aliphatic carbocycles. The van der Waals surface area contributed by atoms with Gasteiger partial charge in [0.25, 0.3) is 5.91 Å². The zero-order valence-electron chi connectivity index (χ0n) is 18.5. The number of carbonyl (C=O) groups is 3. The van der Waals surface area contributed by atoms with Crippen molar-refractivity contribution in [1.82, 2.24) is 15.2 Å². The third-order valence-electron chi connectivity index (χ3n) is 5.90. The molecule has 2 aliphatic rings. The number of rotatable bonds is 8. The van der Waals surface area contributed by atoms with Crippen molar-refractivity contribution in [3.8, 4) is 0 Å². The van der Waals surface area contributed by atoms with Gasteiger partial charge in [-0.1, -0.05) is 30.8 Å². The van der Waals surface area contributed by atoms with Gasteiger partial charge in [0, 0.05) is 22.7 Å². The van der Waals surface area contributed by atoms with Gasteiger partial charge in [-0.2, -0.15) is 0 Å². The van der Waals surface area contributed by atoms with Crippen LogP contribution in [0.2, 0.25) is 0 Å². The minimum atomic E-state index is -3.87. The topological polar surface area (TPSA) is 180 Å². The average Bonchev–Trinajstić information content (AvgIpc) is 3.33. The highest BCUT2D eigenvalue weighted by Crippen LogP contribution is 2.52. The number of aliphatic hydroxyl groups excluding tert-OH is 1. The number of aromatic nitrogens is 1. The third kappa shape index (κ3) is 4.71. The number of sulfonamides is 1. The molecule has 0 radical (unpaired) electrons. The van der Waals surface area contributed by atoms with E-state index in [4.69, 9.17) is 5.14 Å². The van der Waals surface area contributed by atoms with E-state index in [1.54, 1.807) is 13.0 Å². The first-order valence-corrected chi connectivity index (χ1v) is 13.7. The monoisotopic (exact) mass is 538 g/mol. The van der Waals surface area contributed by atoms with Gasteiger partial charge in [-0.05, 0) is 24.6 Å².